The van der Waals surface area contributed by atoms with Crippen LogP contribution in [0.25, 0.3) is 5.69 Å². The van der Waals surface area contributed by atoms with E-state index in [2.05, 4.69) is 17.3 Å². The van der Waals surface area contributed by atoms with E-state index in [1.165, 1.54) is 12.1 Å². The smallest absolute Gasteiger partial charge is 0.223 e. The highest BCUT2D eigenvalue weighted by atomic mass is 19.1. The van der Waals surface area contributed by atoms with Gasteiger partial charge in [-0.25, -0.2) is 9.07 Å². The van der Waals surface area contributed by atoms with Crippen LogP contribution >= 0.6 is 0 Å². The Morgan fingerprint density at radius 1 is 1.44 bits per heavy atom. The normalized spacial score (nSPS) is 22.6. The zero-order valence-electron chi connectivity index (χ0n) is 15.6. The maximum absolute atomic E-state index is 13.3. The minimum Gasteiger partial charge on any atom is -0.377 e. The third-order valence-corrected chi connectivity index (χ3v) is 4.92. The van der Waals surface area contributed by atoms with E-state index >= 15 is 0 Å². The molecule has 1 aromatic heterocycles. The second-order valence-corrected chi connectivity index (χ2v) is 7.07. The number of hydrogen-bond donors (Lipinski definition) is 2. The number of nitrogens with two attached hydrogens (primary N) is 1. The molecule has 6 nitrogen and oxygen atoms in total. The molecule has 0 saturated heterocycles. The fourth-order valence-corrected chi connectivity index (χ4v) is 3.44. The molecule has 0 radical (unpaired) electrons. The zero-order valence-corrected chi connectivity index (χ0v) is 15.6. The highest BCUT2D eigenvalue weighted by Crippen LogP contribution is 2.26. The molecule has 1 aliphatic rings. The van der Waals surface area contributed by atoms with E-state index in [9.17, 15) is 9.18 Å². The lowest BCUT2D eigenvalue weighted by Crippen LogP contribution is -2.46. The number of nitrogens with zero attached hydrogens (tertiary/aromatic N) is 2. The number of hydrogen-bond acceptors (Lipinski definition) is 4. The van der Waals surface area contributed by atoms with Crippen molar-refractivity contribution in [3.8, 4) is 5.69 Å². The van der Waals surface area contributed by atoms with Crippen LogP contribution in [0.15, 0.2) is 36.7 Å². The van der Waals surface area contributed by atoms with Crippen molar-refractivity contribution in [3.05, 3.63) is 48.0 Å². The molecule has 3 N–H and O–H groups in total. The van der Waals surface area contributed by atoms with Crippen molar-refractivity contribution < 1.29 is 13.9 Å². The standard InChI is InChI=1S/C20H27FN4O2/c1-2-8-27-19-7-6-15(9-18(19)22)20(26)23-11-14-12-24-25(13-14)17-5-3-4-16(21)10-17/h3-5,10,12-13,15,18-19H,2,6-9,11,22H2,1H3,(H,23,26)/t15-,18+,19+/m0/s1. The summed E-state index contributed by atoms with van der Waals surface area (Å²) in [6.45, 7) is 3.17. The van der Waals surface area contributed by atoms with Crippen molar-refractivity contribution in [3.63, 3.8) is 0 Å². The molecular weight excluding hydrogens is 347 g/mol. The van der Waals surface area contributed by atoms with Gasteiger partial charge in [0.1, 0.15) is 5.82 Å². The summed E-state index contributed by atoms with van der Waals surface area (Å²) in [4.78, 5) is 12.5. The van der Waals surface area contributed by atoms with Crippen LogP contribution in [0.2, 0.25) is 0 Å². The highest BCUT2D eigenvalue weighted by Gasteiger charge is 2.32. The molecule has 1 amide bonds. The Morgan fingerprint density at radius 3 is 3.04 bits per heavy atom. The molecule has 27 heavy (non-hydrogen) atoms. The fraction of sp³-hybridized carbons (Fsp3) is 0.500. The summed E-state index contributed by atoms with van der Waals surface area (Å²) < 4.78 is 20.7. The van der Waals surface area contributed by atoms with Crippen molar-refractivity contribution in [2.75, 3.05) is 6.61 Å². The lowest BCUT2D eigenvalue weighted by atomic mass is 9.83. The van der Waals surface area contributed by atoms with Gasteiger partial charge in [-0.3, -0.25) is 4.79 Å². The Hall–Kier alpha value is -2.25. The van der Waals surface area contributed by atoms with E-state index in [4.69, 9.17) is 10.5 Å². The summed E-state index contributed by atoms with van der Waals surface area (Å²) in [5, 5.41) is 7.19. The van der Waals surface area contributed by atoms with Crippen LogP contribution in [0.3, 0.4) is 0 Å². The van der Waals surface area contributed by atoms with Gasteiger partial charge in [-0.1, -0.05) is 13.0 Å². The number of nitrogens with one attached hydrogen (secondary N) is 1. The van der Waals surface area contributed by atoms with E-state index in [0.29, 0.717) is 25.3 Å². The van der Waals surface area contributed by atoms with Gasteiger partial charge in [0.25, 0.3) is 0 Å². The highest BCUT2D eigenvalue weighted by molar-refractivity contribution is 5.78. The van der Waals surface area contributed by atoms with E-state index in [0.717, 1.165) is 24.8 Å². The number of carbonyl (C=O) groups is 1. The van der Waals surface area contributed by atoms with E-state index in [1.807, 2.05) is 0 Å². The number of carbonyl (C=O) groups excluding carboxylic acids is 1. The Morgan fingerprint density at radius 2 is 2.30 bits per heavy atom. The molecule has 1 aromatic carbocycles. The molecule has 2 aromatic rings. The summed E-state index contributed by atoms with van der Waals surface area (Å²) in [5.74, 6) is -0.384. The maximum Gasteiger partial charge on any atom is 0.223 e. The second kappa shape index (κ2) is 9.10. The van der Waals surface area contributed by atoms with Crippen molar-refractivity contribution in [2.24, 2.45) is 11.7 Å². The average molecular weight is 374 g/mol. The number of halogens is 1. The molecule has 3 rings (SSSR count). The SMILES string of the molecule is CCCO[C@@H]1CC[C@H](C(=O)NCc2cnn(-c3cccc(F)c3)c2)C[C@H]1N. The summed E-state index contributed by atoms with van der Waals surface area (Å²) in [6.07, 6.45) is 6.73. The van der Waals surface area contributed by atoms with Crippen molar-refractivity contribution in [1.82, 2.24) is 15.1 Å². The molecule has 1 heterocycles. The monoisotopic (exact) mass is 374 g/mol. The quantitative estimate of drug-likeness (QED) is 0.780. The van der Waals surface area contributed by atoms with Gasteiger partial charge in [0, 0.05) is 36.9 Å². The minimum atomic E-state index is -0.312. The van der Waals surface area contributed by atoms with Crippen LogP contribution in [0.1, 0.15) is 38.2 Å². The van der Waals surface area contributed by atoms with Crippen molar-refractivity contribution in [2.45, 2.75) is 51.3 Å². The van der Waals surface area contributed by atoms with Gasteiger partial charge < -0.3 is 15.8 Å². The van der Waals surface area contributed by atoms with E-state index < -0.39 is 0 Å². The van der Waals surface area contributed by atoms with Gasteiger partial charge >= 0.3 is 0 Å². The first-order valence-corrected chi connectivity index (χ1v) is 9.51. The van der Waals surface area contributed by atoms with E-state index in [1.54, 1.807) is 29.2 Å². The molecule has 0 bridgehead atoms. The maximum atomic E-state index is 13.3. The van der Waals surface area contributed by atoms with Crippen LogP contribution in [-0.2, 0) is 16.1 Å². The number of amides is 1. The fourth-order valence-electron chi connectivity index (χ4n) is 3.44. The first-order valence-electron chi connectivity index (χ1n) is 9.51. The first-order chi connectivity index (χ1) is 13.1. The molecule has 0 aliphatic heterocycles. The number of rotatable bonds is 7. The van der Waals surface area contributed by atoms with Crippen LogP contribution in [0.5, 0.6) is 0 Å². The molecule has 7 heteroatoms. The Kier molecular flexibility index (Phi) is 6.58. The summed E-state index contributed by atoms with van der Waals surface area (Å²) in [7, 11) is 0. The third-order valence-electron chi connectivity index (χ3n) is 4.92. The Bertz CT molecular complexity index is 764. The third kappa shape index (κ3) is 5.14. The second-order valence-electron chi connectivity index (χ2n) is 7.07. The molecule has 1 fully saturated rings. The summed E-state index contributed by atoms with van der Waals surface area (Å²) >= 11 is 0. The predicted octanol–water partition coefficient (Wildman–Crippen LogP) is 2.55. The molecule has 0 spiro atoms. The lowest BCUT2D eigenvalue weighted by Gasteiger charge is -2.33. The van der Waals surface area contributed by atoms with Gasteiger partial charge in [0.05, 0.1) is 18.0 Å². The van der Waals surface area contributed by atoms with Gasteiger partial charge in [-0.2, -0.15) is 5.10 Å². The van der Waals surface area contributed by atoms with E-state index in [-0.39, 0.29) is 29.8 Å². The van der Waals surface area contributed by atoms with Gasteiger partial charge in [-0.15, -0.1) is 0 Å². The Balaban J connectivity index is 1.50. The van der Waals surface area contributed by atoms with Crippen LogP contribution < -0.4 is 11.1 Å². The topological polar surface area (TPSA) is 82.2 Å². The number of ether oxygens (including phenoxy) is 1. The largest absolute Gasteiger partial charge is 0.377 e. The summed E-state index contributed by atoms with van der Waals surface area (Å²) in [6, 6.07) is 6.12. The summed E-state index contributed by atoms with van der Waals surface area (Å²) in [5.41, 5.74) is 7.69. The Labute approximate surface area is 158 Å². The molecule has 3 atom stereocenters. The van der Waals surface area contributed by atoms with Crippen LogP contribution in [0, 0.1) is 11.7 Å². The lowest BCUT2D eigenvalue weighted by molar-refractivity contribution is -0.127. The first kappa shape index (κ1) is 19.5. The molecule has 1 aliphatic carbocycles. The van der Waals surface area contributed by atoms with Crippen molar-refractivity contribution >= 4 is 5.91 Å². The number of benzene rings is 1. The molecular formula is C20H27FN4O2. The van der Waals surface area contributed by atoms with Gasteiger partial charge in [0.15, 0.2) is 0 Å². The van der Waals surface area contributed by atoms with Crippen LogP contribution in [-0.4, -0.2) is 34.4 Å². The molecule has 146 valence electrons. The number of aromatic nitrogens is 2. The minimum absolute atomic E-state index is 0.0119. The zero-order chi connectivity index (χ0) is 19.2. The predicted molar refractivity (Wildman–Crippen MR) is 101 cm³/mol. The molecule has 0 unspecified atom stereocenters. The molecule has 1 saturated carbocycles. The van der Waals surface area contributed by atoms with Crippen molar-refractivity contribution in [1.29, 1.82) is 0 Å². The van der Waals surface area contributed by atoms with Gasteiger partial charge in [-0.05, 0) is 43.9 Å². The van der Waals surface area contributed by atoms with Gasteiger partial charge in [0.2, 0.25) is 5.91 Å². The average Bonchev–Trinajstić information content (AvgIpc) is 3.14. The van der Waals surface area contributed by atoms with Crippen LogP contribution in [0.4, 0.5) is 4.39 Å².